The molecule has 0 saturated heterocycles. The fraction of sp³-hybridized carbons (Fsp3) is 0.711. The molecule has 0 aromatic heterocycles. The van der Waals surface area contributed by atoms with Crippen LogP contribution < -0.4 is 0 Å². The van der Waals surface area contributed by atoms with Crippen LogP contribution in [0.4, 0.5) is 0 Å². The predicted molar refractivity (Wildman–Crippen MR) is 189 cm³/mol. The van der Waals surface area contributed by atoms with Gasteiger partial charge in [-0.1, -0.05) is 111 Å². The second-order valence-electron chi connectivity index (χ2n) is 10.9. The van der Waals surface area contributed by atoms with Crippen LogP contribution in [0.15, 0.2) is 30.3 Å². The Morgan fingerprint density at radius 2 is 0.957 bits per heavy atom. The van der Waals surface area contributed by atoms with E-state index in [4.69, 9.17) is 9.47 Å². The lowest BCUT2D eigenvalue weighted by Crippen LogP contribution is -2.03. The smallest absolute Gasteiger partial charge is 0.337 e. The van der Waals surface area contributed by atoms with Gasteiger partial charge in [-0.2, -0.15) is 0 Å². The summed E-state index contributed by atoms with van der Waals surface area (Å²) in [7, 11) is 1.37. The van der Waals surface area contributed by atoms with E-state index >= 15 is 0 Å². The minimum atomic E-state index is -0.291. The molecule has 0 aliphatic rings. The first-order chi connectivity index (χ1) is 22.0. The Bertz CT molecular complexity index is 814. The number of carbonyl (C=O) groups is 5. The van der Waals surface area contributed by atoms with Crippen LogP contribution in [-0.4, -0.2) is 49.8 Å². The standard InChI is InChI=1S/C8H8O2.C8H16O2.C8H16O.C7H14O2.C7H14O/c1-10-8(9)7-5-3-2-4-6-7;1-3-5-6-7-10-8(9)4-2;1-3-4-5-6-7-8(2)9;1-3-4-5-6-9-7(2)8;1-3-4-5-6-7(2)8/h2-6H,1H3;3-7H2,1-2H3;3-7H2,1-2H3;3-6H2,1-2H3;3-6H2,1-2H3. The average Bonchev–Trinajstić information content (AvgIpc) is 3.04. The molecule has 0 heterocycles. The van der Waals surface area contributed by atoms with Crippen molar-refractivity contribution in [1.29, 1.82) is 0 Å². The topological polar surface area (TPSA) is 113 Å². The number of hydrogen-bond acceptors (Lipinski definition) is 8. The summed E-state index contributed by atoms with van der Waals surface area (Å²) in [6.07, 6.45) is 17.0. The van der Waals surface area contributed by atoms with Gasteiger partial charge in [-0.25, -0.2) is 4.79 Å². The summed E-state index contributed by atoms with van der Waals surface area (Å²) < 4.78 is 14.1. The van der Waals surface area contributed by atoms with E-state index in [1.54, 1.807) is 38.1 Å². The van der Waals surface area contributed by atoms with E-state index in [9.17, 15) is 24.0 Å². The molecule has 0 atom stereocenters. The van der Waals surface area contributed by atoms with Crippen molar-refractivity contribution in [3.05, 3.63) is 35.9 Å². The molecule has 1 rings (SSSR count). The molecule has 1 aromatic rings. The number of esters is 3. The van der Waals surface area contributed by atoms with E-state index < -0.39 is 0 Å². The molecular formula is C38H68O8. The summed E-state index contributed by atoms with van der Waals surface area (Å²) in [5.41, 5.74) is 0.588. The Labute approximate surface area is 281 Å². The van der Waals surface area contributed by atoms with E-state index in [0.717, 1.165) is 51.4 Å². The highest BCUT2D eigenvalue weighted by molar-refractivity contribution is 5.89. The number of rotatable bonds is 19. The molecule has 8 heteroatoms. The molecule has 1 aromatic carbocycles. The van der Waals surface area contributed by atoms with E-state index in [2.05, 4.69) is 32.4 Å². The van der Waals surface area contributed by atoms with Crippen LogP contribution in [0.2, 0.25) is 0 Å². The molecule has 0 aliphatic heterocycles. The fourth-order valence-corrected chi connectivity index (χ4v) is 3.32. The highest BCUT2D eigenvalue weighted by atomic mass is 16.5. The van der Waals surface area contributed by atoms with Crippen molar-refractivity contribution in [3.8, 4) is 0 Å². The molecular weight excluding hydrogens is 584 g/mol. The summed E-state index contributed by atoms with van der Waals surface area (Å²) >= 11 is 0. The largest absolute Gasteiger partial charge is 0.466 e. The van der Waals surface area contributed by atoms with Gasteiger partial charge in [0.1, 0.15) is 11.6 Å². The number of ether oxygens (including phenoxy) is 3. The van der Waals surface area contributed by atoms with Crippen molar-refractivity contribution in [2.45, 2.75) is 158 Å². The molecule has 8 nitrogen and oxygen atoms in total. The van der Waals surface area contributed by atoms with Crippen molar-refractivity contribution >= 4 is 29.5 Å². The number of Topliss-reactive ketones (excluding diaryl/α,β-unsaturated/α-hetero) is 2. The van der Waals surface area contributed by atoms with Crippen LogP contribution in [0.5, 0.6) is 0 Å². The molecule has 0 radical (unpaired) electrons. The lowest BCUT2D eigenvalue weighted by atomic mass is 10.1. The van der Waals surface area contributed by atoms with Crippen LogP contribution in [0, 0.1) is 0 Å². The molecule has 46 heavy (non-hydrogen) atoms. The number of methoxy groups -OCH3 is 1. The van der Waals surface area contributed by atoms with Crippen LogP contribution in [0.25, 0.3) is 0 Å². The number of ketones is 2. The van der Waals surface area contributed by atoms with Crippen LogP contribution in [0.1, 0.15) is 168 Å². The van der Waals surface area contributed by atoms with Crippen molar-refractivity contribution in [2.24, 2.45) is 0 Å². The van der Waals surface area contributed by atoms with Gasteiger partial charge in [-0.15, -0.1) is 0 Å². The third-order valence-electron chi connectivity index (χ3n) is 6.06. The number of carbonyl (C=O) groups excluding carboxylic acids is 5. The average molecular weight is 653 g/mol. The zero-order valence-electron chi connectivity index (χ0n) is 30.9. The second kappa shape index (κ2) is 42.0. The maximum Gasteiger partial charge on any atom is 0.337 e. The molecule has 0 aliphatic carbocycles. The quantitative estimate of drug-likeness (QED) is 0.0824. The normalized spacial score (nSPS) is 9.24. The van der Waals surface area contributed by atoms with Crippen LogP contribution in [-0.2, 0) is 33.4 Å². The van der Waals surface area contributed by atoms with Crippen molar-refractivity contribution < 1.29 is 38.2 Å². The van der Waals surface area contributed by atoms with Gasteiger partial charge in [0, 0.05) is 26.2 Å². The monoisotopic (exact) mass is 652 g/mol. The third kappa shape index (κ3) is 50.6. The Morgan fingerprint density at radius 3 is 1.35 bits per heavy atom. The number of benzene rings is 1. The zero-order chi connectivity index (χ0) is 35.8. The van der Waals surface area contributed by atoms with Gasteiger partial charge < -0.3 is 23.8 Å². The third-order valence-corrected chi connectivity index (χ3v) is 6.06. The van der Waals surface area contributed by atoms with Crippen molar-refractivity contribution in [2.75, 3.05) is 20.3 Å². The van der Waals surface area contributed by atoms with Crippen molar-refractivity contribution in [1.82, 2.24) is 0 Å². The first-order valence-corrected chi connectivity index (χ1v) is 17.4. The molecule has 0 amide bonds. The van der Waals surface area contributed by atoms with Gasteiger partial charge in [0.15, 0.2) is 0 Å². The summed E-state index contributed by atoms with van der Waals surface area (Å²) in [6.45, 7) is 16.3. The summed E-state index contributed by atoms with van der Waals surface area (Å²) in [6, 6.07) is 8.88. The van der Waals surface area contributed by atoms with E-state index in [1.165, 1.54) is 59.0 Å². The fourth-order valence-electron chi connectivity index (χ4n) is 3.32. The molecule has 268 valence electrons. The predicted octanol–water partition coefficient (Wildman–Crippen LogP) is 10.0. The maximum atomic E-state index is 10.8. The Morgan fingerprint density at radius 1 is 0.543 bits per heavy atom. The molecule has 0 saturated carbocycles. The maximum absolute atomic E-state index is 10.8. The highest BCUT2D eigenvalue weighted by Gasteiger charge is 2.00. The molecule has 0 bridgehead atoms. The summed E-state index contributed by atoms with van der Waals surface area (Å²) in [5, 5.41) is 0. The molecule has 0 spiro atoms. The second-order valence-corrected chi connectivity index (χ2v) is 10.9. The molecule has 0 N–H and O–H groups in total. The minimum absolute atomic E-state index is 0.0869. The van der Waals surface area contributed by atoms with Gasteiger partial charge in [0.2, 0.25) is 0 Å². The van der Waals surface area contributed by atoms with E-state index in [0.29, 0.717) is 36.8 Å². The summed E-state index contributed by atoms with van der Waals surface area (Å²) in [5.74, 6) is 0.0901. The van der Waals surface area contributed by atoms with Gasteiger partial charge in [-0.05, 0) is 51.7 Å². The van der Waals surface area contributed by atoms with Crippen LogP contribution in [0.3, 0.4) is 0 Å². The lowest BCUT2D eigenvalue weighted by Gasteiger charge is -2.00. The summed E-state index contributed by atoms with van der Waals surface area (Å²) in [4.78, 5) is 52.3. The Kier molecular flexibility index (Phi) is 45.5. The minimum Gasteiger partial charge on any atom is -0.466 e. The molecule has 0 unspecified atom stereocenters. The van der Waals surface area contributed by atoms with E-state index in [1.807, 2.05) is 13.0 Å². The number of unbranched alkanes of at least 4 members (excludes halogenated alkanes) is 9. The first-order valence-electron chi connectivity index (χ1n) is 17.4. The molecule has 0 fully saturated rings. The van der Waals surface area contributed by atoms with Gasteiger partial charge in [0.25, 0.3) is 0 Å². The SMILES string of the molecule is CCCCCC(C)=O.CCCCCCC(C)=O.CCCCCOC(=O)CC.CCCCCOC(C)=O.COC(=O)c1ccccc1. The Balaban J connectivity index is -0.000000240. The first kappa shape index (κ1) is 49.8. The lowest BCUT2D eigenvalue weighted by molar-refractivity contribution is -0.143. The van der Waals surface area contributed by atoms with Gasteiger partial charge in [0.05, 0.1) is 25.9 Å². The van der Waals surface area contributed by atoms with Crippen LogP contribution >= 0.6 is 0 Å². The van der Waals surface area contributed by atoms with Gasteiger partial charge in [-0.3, -0.25) is 9.59 Å². The Hall–Kier alpha value is -3.03. The van der Waals surface area contributed by atoms with Gasteiger partial charge >= 0.3 is 17.9 Å². The highest BCUT2D eigenvalue weighted by Crippen LogP contribution is 2.02. The van der Waals surface area contributed by atoms with Crippen molar-refractivity contribution in [3.63, 3.8) is 0 Å². The number of hydrogen-bond donors (Lipinski definition) is 0. The zero-order valence-corrected chi connectivity index (χ0v) is 30.9. The van der Waals surface area contributed by atoms with E-state index in [-0.39, 0.29) is 17.9 Å².